The van der Waals surface area contributed by atoms with E-state index in [1.807, 2.05) is 6.92 Å². The number of ketones is 1. The first-order valence-electron chi connectivity index (χ1n) is 12.2. The molecule has 2 aromatic carbocycles. The number of halogens is 4. The number of sulfone groups is 1. The molecule has 0 radical (unpaired) electrons. The van der Waals surface area contributed by atoms with Gasteiger partial charge >= 0.3 is 5.51 Å². The molecule has 1 aromatic heterocycles. The number of benzene rings is 2. The van der Waals surface area contributed by atoms with E-state index in [2.05, 4.69) is 4.72 Å². The van der Waals surface area contributed by atoms with E-state index < -0.39 is 55.7 Å². The van der Waals surface area contributed by atoms with Gasteiger partial charge in [-0.05, 0) is 60.4 Å². The van der Waals surface area contributed by atoms with Gasteiger partial charge in [-0.1, -0.05) is 25.5 Å². The molecule has 0 aliphatic heterocycles. The highest BCUT2D eigenvalue weighted by Crippen LogP contribution is 2.34. The summed E-state index contributed by atoms with van der Waals surface area (Å²) < 4.78 is 93.3. The molecule has 0 amide bonds. The van der Waals surface area contributed by atoms with Crippen LogP contribution in [0.5, 0.6) is 0 Å². The number of aromatic nitrogens is 1. The van der Waals surface area contributed by atoms with Crippen LogP contribution in [0.1, 0.15) is 59.8 Å². The van der Waals surface area contributed by atoms with E-state index in [-0.39, 0.29) is 27.8 Å². The van der Waals surface area contributed by atoms with E-state index in [1.54, 1.807) is 6.92 Å². The first-order chi connectivity index (χ1) is 18.6. The molecule has 216 valence electrons. The van der Waals surface area contributed by atoms with Gasteiger partial charge in [0.15, 0.2) is 5.78 Å². The molecule has 7 nitrogen and oxygen atoms in total. The van der Waals surface area contributed by atoms with Crippen LogP contribution in [0.15, 0.2) is 59.5 Å². The Balaban J connectivity index is 2.23. The summed E-state index contributed by atoms with van der Waals surface area (Å²) in [6.07, 6.45) is 2.87. The number of nitrogens with one attached hydrogen (secondary N) is 1. The SMILES string of the molecule is CCCC[S@+]([O-])N[C@@H](C)c1cc(=O)n(C)cc1-c1cc(CS(=O)(=O)C(F)(F)F)ccc1C(=O)c1ccc(F)cc1. The normalized spacial score (nSPS) is 13.7. The molecule has 0 aliphatic rings. The average Bonchev–Trinajstić information content (AvgIpc) is 2.88. The third kappa shape index (κ3) is 7.39. The van der Waals surface area contributed by atoms with Crippen molar-refractivity contribution in [2.24, 2.45) is 7.05 Å². The number of rotatable bonds is 11. The zero-order valence-corrected chi connectivity index (χ0v) is 23.6. The molecule has 0 saturated heterocycles. The van der Waals surface area contributed by atoms with Gasteiger partial charge in [-0.25, -0.2) is 12.8 Å². The molecule has 1 heterocycles. The molecular formula is C27H28F4N2O5S2. The monoisotopic (exact) mass is 600 g/mol. The highest BCUT2D eigenvalue weighted by atomic mass is 32.2. The second-order valence-electron chi connectivity index (χ2n) is 9.26. The van der Waals surface area contributed by atoms with Gasteiger partial charge < -0.3 is 9.12 Å². The van der Waals surface area contributed by atoms with Gasteiger partial charge in [0, 0.05) is 47.4 Å². The van der Waals surface area contributed by atoms with Crippen molar-refractivity contribution in [1.29, 1.82) is 0 Å². The van der Waals surface area contributed by atoms with Crippen LogP contribution >= 0.6 is 0 Å². The highest BCUT2D eigenvalue weighted by molar-refractivity contribution is 7.91. The molecule has 13 heteroatoms. The Kier molecular flexibility index (Phi) is 9.99. The van der Waals surface area contributed by atoms with Gasteiger partial charge in [0.1, 0.15) is 11.6 Å². The van der Waals surface area contributed by atoms with Crippen molar-refractivity contribution in [2.75, 3.05) is 5.75 Å². The van der Waals surface area contributed by atoms with Gasteiger partial charge in [-0.3, -0.25) is 9.59 Å². The zero-order chi connectivity index (χ0) is 29.8. The maximum Gasteiger partial charge on any atom is 0.497 e. The van der Waals surface area contributed by atoms with Crippen molar-refractivity contribution in [3.8, 4) is 11.1 Å². The lowest BCUT2D eigenvalue weighted by molar-refractivity contribution is -0.0437. The lowest BCUT2D eigenvalue weighted by Gasteiger charge is -2.22. The Morgan fingerprint density at radius 2 is 1.75 bits per heavy atom. The van der Waals surface area contributed by atoms with Crippen LogP contribution in [0.4, 0.5) is 17.6 Å². The first-order valence-corrected chi connectivity index (χ1v) is 15.2. The van der Waals surface area contributed by atoms with Crippen molar-refractivity contribution in [1.82, 2.24) is 9.29 Å². The lowest BCUT2D eigenvalue weighted by atomic mass is 9.89. The Morgan fingerprint density at radius 1 is 1.10 bits per heavy atom. The largest absolute Gasteiger partial charge is 0.598 e. The highest BCUT2D eigenvalue weighted by Gasteiger charge is 2.45. The third-order valence-corrected chi connectivity index (χ3v) is 8.85. The molecule has 3 rings (SSSR count). The fourth-order valence-electron chi connectivity index (χ4n) is 3.98. The summed E-state index contributed by atoms with van der Waals surface area (Å²) in [5.74, 6) is -2.21. The molecule has 0 spiro atoms. The van der Waals surface area contributed by atoms with Crippen LogP contribution < -0.4 is 10.3 Å². The number of pyridine rings is 1. The first kappa shape index (κ1) is 31.5. The van der Waals surface area contributed by atoms with Crippen molar-refractivity contribution >= 4 is 27.0 Å². The van der Waals surface area contributed by atoms with Crippen LogP contribution in [0.25, 0.3) is 11.1 Å². The molecule has 0 unspecified atom stereocenters. The quantitative estimate of drug-likeness (QED) is 0.189. The molecule has 3 aromatic rings. The number of unbranched alkanes of at least 4 members (excludes halogenated alkanes) is 1. The van der Waals surface area contributed by atoms with E-state index in [9.17, 15) is 40.1 Å². The minimum Gasteiger partial charge on any atom is -0.598 e. The molecule has 1 N–H and O–H groups in total. The van der Waals surface area contributed by atoms with Gasteiger partial charge in [0.05, 0.1) is 11.8 Å². The predicted molar refractivity (Wildman–Crippen MR) is 145 cm³/mol. The van der Waals surface area contributed by atoms with E-state index in [4.69, 9.17) is 0 Å². The smallest absolute Gasteiger partial charge is 0.497 e. The number of hydrogen-bond acceptors (Lipinski definition) is 6. The number of carbonyl (C=O) groups excluding carboxylic acids is 1. The minimum atomic E-state index is -5.54. The van der Waals surface area contributed by atoms with Crippen LogP contribution in [-0.2, 0) is 34.0 Å². The fourth-order valence-corrected chi connectivity index (χ4v) is 5.95. The molecule has 0 bridgehead atoms. The van der Waals surface area contributed by atoms with Crippen molar-refractivity contribution in [3.05, 3.63) is 93.2 Å². The van der Waals surface area contributed by atoms with Gasteiger partial charge in [-0.2, -0.15) is 13.2 Å². The predicted octanol–water partition coefficient (Wildman–Crippen LogP) is 4.97. The topological polar surface area (TPSA) is 108 Å². The standard InChI is InChI=1S/C27H28F4N2O5S2/c1-4-5-12-39(36)32-17(2)22-14-25(34)33(3)15-24(22)23-13-18(16-40(37,38)27(29,30)31)6-11-21(23)26(35)19-7-9-20(28)10-8-19/h6-11,13-15,17,32H,4-5,12,16H2,1-3H3/t17-,39-/m0/s1. The second kappa shape index (κ2) is 12.7. The number of aryl methyl sites for hydroxylation is 1. The summed E-state index contributed by atoms with van der Waals surface area (Å²) >= 11 is -1.47. The van der Waals surface area contributed by atoms with Crippen molar-refractivity contribution in [2.45, 2.75) is 44.0 Å². The van der Waals surface area contributed by atoms with E-state index >= 15 is 0 Å². The summed E-state index contributed by atoms with van der Waals surface area (Å²) in [7, 11) is -4.10. The average molecular weight is 601 g/mol. The van der Waals surface area contributed by atoms with E-state index in [0.717, 1.165) is 30.7 Å². The van der Waals surface area contributed by atoms with Crippen LogP contribution in [0.2, 0.25) is 0 Å². The molecule has 0 saturated carbocycles. The lowest BCUT2D eigenvalue weighted by Crippen LogP contribution is -2.31. The molecule has 0 aliphatic carbocycles. The zero-order valence-electron chi connectivity index (χ0n) is 21.9. The Morgan fingerprint density at radius 3 is 2.35 bits per heavy atom. The van der Waals surface area contributed by atoms with Crippen LogP contribution in [-0.4, -0.2) is 34.6 Å². The maximum atomic E-state index is 13.5. The van der Waals surface area contributed by atoms with Crippen LogP contribution in [0, 0.1) is 5.82 Å². The Hall–Kier alpha value is -3.00. The molecule has 2 atom stereocenters. The number of nitrogens with zero attached hydrogens (tertiary/aromatic N) is 1. The molecule has 40 heavy (non-hydrogen) atoms. The van der Waals surface area contributed by atoms with Gasteiger partial charge in [-0.15, -0.1) is 4.72 Å². The third-order valence-electron chi connectivity index (χ3n) is 6.15. The Labute approximate surface area is 232 Å². The van der Waals surface area contributed by atoms with Crippen molar-refractivity contribution in [3.63, 3.8) is 0 Å². The van der Waals surface area contributed by atoms with E-state index in [0.29, 0.717) is 17.7 Å². The number of carbonyl (C=O) groups is 1. The maximum absolute atomic E-state index is 13.5. The molecular weight excluding hydrogens is 572 g/mol. The van der Waals surface area contributed by atoms with Crippen molar-refractivity contribution < 1.29 is 35.3 Å². The van der Waals surface area contributed by atoms with Gasteiger partial charge in [0.2, 0.25) is 0 Å². The molecule has 0 fully saturated rings. The fraction of sp³-hybridized carbons (Fsp3) is 0.333. The summed E-state index contributed by atoms with van der Waals surface area (Å²) in [5.41, 5.74) is -5.50. The summed E-state index contributed by atoms with van der Waals surface area (Å²) in [6, 6.07) is 8.66. The summed E-state index contributed by atoms with van der Waals surface area (Å²) in [6.45, 7) is 3.58. The Bertz CT molecular complexity index is 1540. The van der Waals surface area contributed by atoms with Crippen LogP contribution in [0.3, 0.4) is 0 Å². The number of alkyl halides is 3. The summed E-state index contributed by atoms with van der Waals surface area (Å²) in [4.78, 5) is 26.1. The second-order valence-corrected chi connectivity index (χ2v) is 12.6. The minimum absolute atomic E-state index is 0.0148. The van der Waals surface area contributed by atoms with Gasteiger partial charge in [0.25, 0.3) is 15.4 Å². The number of hydrogen-bond donors (Lipinski definition) is 1. The van der Waals surface area contributed by atoms with E-state index in [1.165, 1.54) is 42.1 Å². The summed E-state index contributed by atoms with van der Waals surface area (Å²) in [5, 5.41) is 0.